The molecule has 0 fully saturated rings. The number of esters is 1. The summed E-state index contributed by atoms with van der Waals surface area (Å²) in [7, 11) is 0. The van der Waals surface area contributed by atoms with E-state index in [-0.39, 0.29) is 6.42 Å². The Balaban J connectivity index is 1.61. The van der Waals surface area contributed by atoms with E-state index in [1.54, 1.807) is 0 Å². The Morgan fingerprint density at radius 1 is 1.15 bits per heavy atom. The van der Waals surface area contributed by atoms with Crippen molar-refractivity contribution in [2.45, 2.75) is 45.4 Å². The lowest BCUT2D eigenvalue weighted by molar-refractivity contribution is -0.147. The van der Waals surface area contributed by atoms with E-state index in [9.17, 15) is 14.4 Å². The maximum absolute atomic E-state index is 11.8. The van der Waals surface area contributed by atoms with Gasteiger partial charge in [-0.3, -0.25) is 14.9 Å². The van der Waals surface area contributed by atoms with E-state index in [1.807, 2.05) is 31.2 Å². The molecule has 6 nitrogen and oxygen atoms in total. The molecule has 0 unspecified atom stereocenters. The Kier molecular flexibility index (Phi) is 7.86. The zero-order valence-electron chi connectivity index (χ0n) is 15.2. The minimum atomic E-state index is -0.641. The summed E-state index contributed by atoms with van der Waals surface area (Å²) in [6.07, 6.45) is 7.74. The molecular weight excluding hydrogens is 332 g/mol. The quantitative estimate of drug-likeness (QED) is 0.580. The van der Waals surface area contributed by atoms with Gasteiger partial charge in [0.05, 0.1) is 6.42 Å². The molecule has 26 heavy (non-hydrogen) atoms. The number of ether oxygens (including phenoxy) is 1. The van der Waals surface area contributed by atoms with Gasteiger partial charge in [-0.1, -0.05) is 35.9 Å². The molecule has 0 aromatic heterocycles. The van der Waals surface area contributed by atoms with E-state index < -0.39 is 24.5 Å². The van der Waals surface area contributed by atoms with Gasteiger partial charge in [-0.05, 0) is 50.2 Å². The fourth-order valence-electron chi connectivity index (χ4n) is 2.84. The zero-order valence-corrected chi connectivity index (χ0v) is 15.2. The summed E-state index contributed by atoms with van der Waals surface area (Å²) in [6, 6.07) is 6.91. The van der Waals surface area contributed by atoms with Crippen molar-refractivity contribution in [1.82, 2.24) is 10.6 Å². The number of carbonyl (C=O) groups is 3. The van der Waals surface area contributed by atoms with Crippen molar-refractivity contribution in [1.29, 1.82) is 0 Å². The Bertz CT molecular complexity index is 682. The average molecular weight is 358 g/mol. The van der Waals surface area contributed by atoms with Crippen LogP contribution in [0.15, 0.2) is 35.9 Å². The molecule has 2 N–H and O–H groups in total. The van der Waals surface area contributed by atoms with Gasteiger partial charge in [0, 0.05) is 6.54 Å². The smallest absolute Gasteiger partial charge is 0.321 e. The predicted octanol–water partition coefficient (Wildman–Crippen LogP) is 2.80. The van der Waals surface area contributed by atoms with E-state index in [0.29, 0.717) is 6.54 Å². The molecule has 0 spiro atoms. The molecule has 2 rings (SSSR count). The van der Waals surface area contributed by atoms with Crippen LogP contribution in [0.4, 0.5) is 4.79 Å². The number of allylic oxidation sites excluding steroid dienone is 1. The summed E-state index contributed by atoms with van der Waals surface area (Å²) < 4.78 is 4.92. The second kappa shape index (κ2) is 10.4. The molecule has 140 valence electrons. The Labute approximate surface area is 154 Å². The lowest BCUT2D eigenvalue weighted by Crippen LogP contribution is -2.41. The van der Waals surface area contributed by atoms with Crippen molar-refractivity contribution in [3.63, 3.8) is 0 Å². The van der Waals surface area contributed by atoms with Crippen LogP contribution < -0.4 is 10.6 Å². The molecule has 0 radical (unpaired) electrons. The van der Waals surface area contributed by atoms with E-state index in [4.69, 9.17) is 4.74 Å². The molecule has 1 aromatic carbocycles. The Morgan fingerprint density at radius 2 is 1.96 bits per heavy atom. The highest BCUT2D eigenvalue weighted by atomic mass is 16.5. The molecule has 6 heteroatoms. The molecule has 0 saturated carbocycles. The minimum Gasteiger partial charge on any atom is -0.455 e. The first kappa shape index (κ1) is 19.7. The van der Waals surface area contributed by atoms with E-state index in [0.717, 1.165) is 30.4 Å². The fraction of sp³-hybridized carbons (Fsp3) is 0.450. The van der Waals surface area contributed by atoms with Crippen LogP contribution in [0.2, 0.25) is 0 Å². The number of nitrogens with one attached hydrogen (secondary N) is 2. The van der Waals surface area contributed by atoms with Crippen molar-refractivity contribution in [2.75, 3.05) is 13.2 Å². The summed E-state index contributed by atoms with van der Waals surface area (Å²) in [6.45, 7) is 1.92. The van der Waals surface area contributed by atoms with Gasteiger partial charge >= 0.3 is 12.0 Å². The first-order chi connectivity index (χ1) is 12.5. The molecule has 1 aliphatic carbocycles. The number of imide groups is 1. The Hall–Kier alpha value is -2.63. The van der Waals surface area contributed by atoms with Gasteiger partial charge in [-0.25, -0.2) is 4.79 Å². The van der Waals surface area contributed by atoms with Crippen LogP contribution in [0.3, 0.4) is 0 Å². The third-order valence-electron chi connectivity index (χ3n) is 4.33. The molecule has 3 amide bonds. The van der Waals surface area contributed by atoms with Gasteiger partial charge in [-0.2, -0.15) is 0 Å². The standard InChI is InChI=1S/C20H26N2O4/c1-15-7-5-6-10-17(15)13-19(24)26-14-18(23)22-20(25)21-12-11-16-8-3-2-4-9-16/h5-8,10H,2-4,9,11-14H2,1H3,(H2,21,22,23,25). The molecule has 0 bridgehead atoms. The number of hydrogen-bond acceptors (Lipinski definition) is 4. The van der Waals surface area contributed by atoms with Crippen LogP contribution in [0.1, 0.15) is 43.2 Å². The summed E-state index contributed by atoms with van der Waals surface area (Å²) in [5, 5.41) is 4.81. The van der Waals surface area contributed by atoms with Gasteiger partial charge in [-0.15, -0.1) is 0 Å². The van der Waals surface area contributed by atoms with Gasteiger partial charge < -0.3 is 10.1 Å². The zero-order chi connectivity index (χ0) is 18.8. The number of rotatable bonds is 7. The number of urea groups is 1. The molecule has 0 saturated heterocycles. The maximum Gasteiger partial charge on any atom is 0.321 e. The first-order valence-corrected chi connectivity index (χ1v) is 9.00. The number of hydrogen-bond donors (Lipinski definition) is 2. The average Bonchev–Trinajstić information content (AvgIpc) is 2.63. The van der Waals surface area contributed by atoms with Crippen molar-refractivity contribution >= 4 is 17.9 Å². The highest BCUT2D eigenvalue weighted by molar-refractivity contribution is 5.95. The maximum atomic E-state index is 11.8. The van der Waals surface area contributed by atoms with Gasteiger partial charge in [0.15, 0.2) is 6.61 Å². The topological polar surface area (TPSA) is 84.5 Å². The first-order valence-electron chi connectivity index (χ1n) is 9.00. The van der Waals surface area contributed by atoms with Crippen molar-refractivity contribution in [3.05, 3.63) is 47.0 Å². The van der Waals surface area contributed by atoms with Crippen LogP contribution >= 0.6 is 0 Å². The van der Waals surface area contributed by atoms with Gasteiger partial charge in [0.1, 0.15) is 0 Å². The SMILES string of the molecule is Cc1ccccc1CC(=O)OCC(=O)NC(=O)NCCC1=CCCCC1. The lowest BCUT2D eigenvalue weighted by Gasteiger charge is -2.13. The van der Waals surface area contributed by atoms with Crippen LogP contribution in [-0.2, 0) is 20.7 Å². The van der Waals surface area contributed by atoms with E-state index >= 15 is 0 Å². The fourth-order valence-corrected chi connectivity index (χ4v) is 2.84. The van der Waals surface area contributed by atoms with E-state index in [1.165, 1.54) is 18.4 Å². The third kappa shape index (κ3) is 7.09. The normalized spacial score (nSPS) is 13.5. The molecule has 0 atom stereocenters. The number of carbonyl (C=O) groups excluding carboxylic acids is 3. The van der Waals surface area contributed by atoms with Crippen LogP contribution in [0.5, 0.6) is 0 Å². The minimum absolute atomic E-state index is 0.0985. The largest absolute Gasteiger partial charge is 0.455 e. The predicted molar refractivity (Wildman–Crippen MR) is 98.6 cm³/mol. The second-order valence-electron chi connectivity index (χ2n) is 6.43. The highest BCUT2D eigenvalue weighted by Crippen LogP contribution is 2.19. The van der Waals surface area contributed by atoms with Crippen LogP contribution in [0.25, 0.3) is 0 Å². The molecule has 1 aliphatic rings. The summed E-state index contributed by atoms with van der Waals surface area (Å²) in [5.74, 6) is -1.14. The van der Waals surface area contributed by atoms with Crippen molar-refractivity contribution in [2.24, 2.45) is 0 Å². The molecule has 0 heterocycles. The summed E-state index contributed by atoms with van der Waals surface area (Å²) in [4.78, 5) is 35.1. The van der Waals surface area contributed by atoms with Crippen LogP contribution in [-0.4, -0.2) is 31.1 Å². The summed E-state index contributed by atoms with van der Waals surface area (Å²) in [5.41, 5.74) is 3.20. The molecule has 0 aliphatic heterocycles. The number of amides is 3. The highest BCUT2D eigenvalue weighted by Gasteiger charge is 2.12. The lowest BCUT2D eigenvalue weighted by atomic mass is 9.97. The second-order valence-corrected chi connectivity index (χ2v) is 6.43. The van der Waals surface area contributed by atoms with Gasteiger partial charge in [0.25, 0.3) is 5.91 Å². The summed E-state index contributed by atoms with van der Waals surface area (Å²) >= 11 is 0. The molecular formula is C20H26N2O4. The monoisotopic (exact) mass is 358 g/mol. The molecule has 1 aromatic rings. The van der Waals surface area contributed by atoms with Crippen molar-refractivity contribution in [3.8, 4) is 0 Å². The Morgan fingerprint density at radius 3 is 2.69 bits per heavy atom. The van der Waals surface area contributed by atoms with Crippen LogP contribution in [0, 0.1) is 6.92 Å². The number of benzene rings is 1. The third-order valence-corrected chi connectivity index (χ3v) is 4.33. The number of aryl methyl sites for hydroxylation is 1. The van der Waals surface area contributed by atoms with Gasteiger partial charge in [0.2, 0.25) is 0 Å². The van der Waals surface area contributed by atoms with Crippen molar-refractivity contribution < 1.29 is 19.1 Å². The van der Waals surface area contributed by atoms with E-state index in [2.05, 4.69) is 16.7 Å².